The van der Waals surface area contributed by atoms with Crippen LogP contribution in [0.1, 0.15) is 5.56 Å². The van der Waals surface area contributed by atoms with Crippen LogP contribution in [0.5, 0.6) is 5.75 Å². The van der Waals surface area contributed by atoms with Crippen LogP contribution in [0.15, 0.2) is 47.0 Å². The monoisotopic (exact) mass is 225 g/mol. The molecule has 1 aromatic heterocycles. The highest BCUT2D eigenvalue weighted by atomic mass is 16.5. The number of aryl methyl sites for hydroxylation is 1. The summed E-state index contributed by atoms with van der Waals surface area (Å²) < 4.78 is 5.23. The molecular formula is C14H11NO2. The smallest absolute Gasteiger partial charge is 0.167 e. The Balaban J connectivity index is 2.23. The van der Waals surface area contributed by atoms with E-state index in [1.54, 1.807) is 18.2 Å². The lowest BCUT2D eigenvalue weighted by Crippen LogP contribution is -1.79. The Labute approximate surface area is 98.3 Å². The van der Waals surface area contributed by atoms with Crippen LogP contribution >= 0.6 is 0 Å². The van der Waals surface area contributed by atoms with E-state index < -0.39 is 0 Å². The van der Waals surface area contributed by atoms with Crippen molar-refractivity contribution in [3.63, 3.8) is 0 Å². The first-order valence-corrected chi connectivity index (χ1v) is 5.39. The Morgan fingerprint density at radius 3 is 2.59 bits per heavy atom. The summed E-state index contributed by atoms with van der Waals surface area (Å²) in [5, 5.41) is 14.4. The molecule has 0 saturated carbocycles. The highest BCUT2D eigenvalue weighted by Gasteiger charge is 2.10. The van der Waals surface area contributed by atoms with Crippen LogP contribution in [0, 0.1) is 6.92 Å². The molecule has 0 aliphatic heterocycles. The van der Waals surface area contributed by atoms with Gasteiger partial charge < -0.3 is 9.63 Å². The van der Waals surface area contributed by atoms with E-state index in [-0.39, 0.29) is 5.75 Å². The summed E-state index contributed by atoms with van der Waals surface area (Å²) in [6.45, 7) is 2.04. The predicted molar refractivity (Wildman–Crippen MR) is 65.8 cm³/mol. The first-order valence-electron chi connectivity index (χ1n) is 5.39. The van der Waals surface area contributed by atoms with Crippen molar-refractivity contribution in [2.24, 2.45) is 0 Å². The molecular weight excluding hydrogens is 214 g/mol. The fourth-order valence-corrected chi connectivity index (χ4v) is 1.85. The second kappa shape index (κ2) is 3.63. The van der Waals surface area contributed by atoms with Gasteiger partial charge in [0.1, 0.15) is 11.4 Å². The van der Waals surface area contributed by atoms with Crippen LogP contribution < -0.4 is 0 Å². The summed E-state index contributed by atoms with van der Waals surface area (Å²) in [4.78, 5) is 0. The number of fused-ring (bicyclic) bond motifs is 1. The Morgan fingerprint density at radius 2 is 1.82 bits per heavy atom. The lowest BCUT2D eigenvalue weighted by molar-refractivity contribution is 0.457. The van der Waals surface area contributed by atoms with E-state index in [1.165, 1.54) is 5.56 Å². The first kappa shape index (κ1) is 9.90. The van der Waals surface area contributed by atoms with E-state index in [0.717, 1.165) is 16.6 Å². The number of hydrogen-bond acceptors (Lipinski definition) is 3. The van der Waals surface area contributed by atoms with Crippen molar-refractivity contribution in [2.45, 2.75) is 6.92 Å². The molecule has 1 N–H and O–H groups in total. The molecule has 17 heavy (non-hydrogen) atoms. The highest BCUT2D eigenvalue weighted by Crippen LogP contribution is 2.30. The third kappa shape index (κ3) is 1.65. The van der Waals surface area contributed by atoms with Gasteiger partial charge in [0.2, 0.25) is 0 Å². The van der Waals surface area contributed by atoms with Crippen LogP contribution in [-0.2, 0) is 0 Å². The number of aromatic hydroxyl groups is 1. The van der Waals surface area contributed by atoms with Crippen molar-refractivity contribution >= 4 is 11.0 Å². The Morgan fingerprint density at radius 1 is 1.06 bits per heavy atom. The van der Waals surface area contributed by atoms with E-state index in [2.05, 4.69) is 5.16 Å². The van der Waals surface area contributed by atoms with E-state index in [9.17, 15) is 5.11 Å². The van der Waals surface area contributed by atoms with Gasteiger partial charge in [0.15, 0.2) is 5.58 Å². The standard InChI is InChI=1S/C14H11NO2/c1-9-2-4-10(5-3-9)14-12-8-11(16)6-7-13(12)17-15-14/h2-8,16H,1H3. The van der Waals surface area contributed by atoms with E-state index >= 15 is 0 Å². The zero-order valence-electron chi connectivity index (χ0n) is 9.34. The minimum absolute atomic E-state index is 0.217. The Bertz CT molecular complexity index is 668. The van der Waals surface area contributed by atoms with Gasteiger partial charge in [-0.2, -0.15) is 0 Å². The average molecular weight is 225 g/mol. The molecule has 0 fully saturated rings. The van der Waals surface area contributed by atoms with Gasteiger partial charge in [0.05, 0.1) is 5.39 Å². The van der Waals surface area contributed by atoms with Gasteiger partial charge in [0, 0.05) is 5.56 Å². The lowest BCUT2D eigenvalue weighted by Gasteiger charge is -1.98. The van der Waals surface area contributed by atoms with Crippen molar-refractivity contribution in [1.82, 2.24) is 5.16 Å². The van der Waals surface area contributed by atoms with Crippen molar-refractivity contribution in [3.05, 3.63) is 48.0 Å². The van der Waals surface area contributed by atoms with Gasteiger partial charge in [-0.15, -0.1) is 0 Å². The molecule has 0 bridgehead atoms. The summed E-state index contributed by atoms with van der Waals surface area (Å²) in [6.07, 6.45) is 0. The third-order valence-electron chi connectivity index (χ3n) is 2.78. The van der Waals surface area contributed by atoms with Gasteiger partial charge >= 0.3 is 0 Å². The van der Waals surface area contributed by atoms with Crippen LogP contribution in [-0.4, -0.2) is 10.3 Å². The lowest BCUT2D eigenvalue weighted by atomic mass is 10.1. The predicted octanol–water partition coefficient (Wildman–Crippen LogP) is 3.51. The summed E-state index contributed by atoms with van der Waals surface area (Å²) in [5.74, 6) is 0.217. The fraction of sp³-hybridized carbons (Fsp3) is 0.0714. The summed E-state index contributed by atoms with van der Waals surface area (Å²) in [7, 11) is 0. The Kier molecular flexibility index (Phi) is 2.11. The third-order valence-corrected chi connectivity index (χ3v) is 2.78. The van der Waals surface area contributed by atoms with Crippen LogP contribution in [0.4, 0.5) is 0 Å². The number of hydrogen-bond donors (Lipinski definition) is 1. The van der Waals surface area contributed by atoms with Crippen molar-refractivity contribution in [2.75, 3.05) is 0 Å². The number of aromatic nitrogens is 1. The van der Waals surface area contributed by atoms with Gasteiger partial charge in [-0.05, 0) is 25.1 Å². The molecule has 0 atom stereocenters. The molecule has 3 heteroatoms. The number of phenolic OH excluding ortho intramolecular Hbond substituents is 1. The second-order valence-electron chi connectivity index (χ2n) is 4.08. The first-order chi connectivity index (χ1) is 8.24. The quantitative estimate of drug-likeness (QED) is 0.689. The topological polar surface area (TPSA) is 46.3 Å². The average Bonchev–Trinajstić information content (AvgIpc) is 2.73. The molecule has 84 valence electrons. The molecule has 3 nitrogen and oxygen atoms in total. The van der Waals surface area contributed by atoms with E-state index in [0.29, 0.717) is 5.58 Å². The molecule has 0 aliphatic carbocycles. The van der Waals surface area contributed by atoms with Crippen molar-refractivity contribution < 1.29 is 9.63 Å². The summed E-state index contributed by atoms with van der Waals surface area (Å²) >= 11 is 0. The van der Waals surface area contributed by atoms with Gasteiger partial charge in [-0.3, -0.25) is 0 Å². The number of rotatable bonds is 1. The molecule has 0 amide bonds. The van der Waals surface area contributed by atoms with Crippen LogP contribution in [0.2, 0.25) is 0 Å². The summed E-state index contributed by atoms with van der Waals surface area (Å²) in [5.41, 5.74) is 3.62. The van der Waals surface area contributed by atoms with Crippen LogP contribution in [0.25, 0.3) is 22.2 Å². The maximum atomic E-state index is 9.49. The van der Waals surface area contributed by atoms with Gasteiger partial charge in [-0.25, -0.2) is 0 Å². The maximum absolute atomic E-state index is 9.49. The normalized spacial score (nSPS) is 10.9. The zero-order valence-corrected chi connectivity index (χ0v) is 9.34. The van der Waals surface area contributed by atoms with E-state index in [4.69, 9.17) is 4.52 Å². The van der Waals surface area contributed by atoms with Crippen molar-refractivity contribution in [1.29, 1.82) is 0 Å². The van der Waals surface area contributed by atoms with Gasteiger partial charge in [-0.1, -0.05) is 35.0 Å². The largest absolute Gasteiger partial charge is 0.508 e. The minimum Gasteiger partial charge on any atom is -0.508 e. The minimum atomic E-state index is 0.217. The molecule has 0 saturated heterocycles. The van der Waals surface area contributed by atoms with E-state index in [1.807, 2.05) is 31.2 Å². The van der Waals surface area contributed by atoms with Crippen LogP contribution in [0.3, 0.4) is 0 Å². The number of nitrogens with zero attached hydrogens (tertiary/aromatic N) is 1. The molecule has 1 heterocycles. The maximum Gasteiger partial charge on any atom is 0.167 e. The molecule has 3 rings (SSSR count). The highest BCUT2D eigenvalue weighted by molar-refractivity contribution is 5.92. The molecule has 0 radical (unpaired) electrons. The molecule has 0 aliphatic rings. The summed E-state index contributed by atoms with van der Waals surface area (Å²) in [6, 6.07) is 13.0. The second-order valence-corrected chi connectivity index (χ2v) is 4.08. The fourth-order valence-electron chi connectivity index (χ4n) is 1.85. The van der Waals surface area contributed by atoms with Gasteiger partial charge in [0.25, 0.3) is 0 Å². The Hall–Kier alpha value is -2.29. The molecule has 2 aromatic carbocycles. The molecule has 3 aromatic rings. The van der Waals surface area contributed by atoms with Crippen molar-refractivity contribution in [3.8, 4) is 17.0 Å². The molecule has 0 unspecified atom stereocenters. The number of phenols is 1. The number of benzene rings is 2. The SMILES string of the molecule is Cc1ccc(-c2noc3ccc(O)cc23)cc1. The molecule has 0 spiro atoms. The zero-order chi connectivity index (χ0) is 11.8.